The van der Waals surface area contributed by atoms with Crippen molar-refractivity contribution in [1.82, 2.24) is 5.32 Å². The molecule has 1 aromatic rings. The second kappa shape index (κ2) is 10.9. The van der Waals surface area contributed by atoms with E-state index >= 15 is 0 Å². The normalized spacial score (nSPS) is 13.3. The summed E-state index contributed by atoms with van der Waals surface area (Å²) in [7, 11) is 0. The minimum Gasteiger partial charge on any atom is -0.346 e. The molecular formula is C18H29N3O2. The lowest BCUT2D eigenvalue weighted by molar-refractivity contribution is -0.127. The van der Waals surface area contributed by atoms with Gasteiger partial charge in [-0.25, -0.2) is 0 Å². The van der Waals surface area contributed by atoms with Crippen molar-refractivity contribution in [2.75, 3.05) is 6.54 Å². The Morgan fingerprint density at radius 2 is 1.78 bits per heavy atom. The lowest BCUT2D eigenvalue weighted by Crippen LogP contribution is -2.39. The number of carbonyl (C=O) groups is 2. The third-order valence-electron chi connectivity index (χ3n) is 3.85. The molecule has 1 unspecified atom stereocenters. The van der Waals surface area contributed by atoms with Gasteiger partial charge in [0.1, 0.15) is 0 Å². The van der Waals surface area contributed by atoms with Crippen molar-refractivity contribution in [3.63, 3.8) is 0 Å². The first-order valence-corrected chi connectivity index (χ1v) is 8.34. The maximum atomic E-state index is 12.1. The monoisotopic (exact) mass is 319 g/mol. The highest BCUT2D eigenvalue weighted by molar-refractivity contribution is 5.89. The summed E-state index contributed by atoms with van der Waals surface area (Å²) in [4.78, 5) is 24.0. The lowest BCUT2D eigenvalue weighted by Gasteiger charge is -2.14. The van der Waals surface area contributed by atoms with Gasteiger partial charge >= 0.3 is 0 Å². The molecule has 2 atom stereocenters. The Morgan fingerprint density at radius 3 is 2.43 bits per heavy atom. The molecule has 5 heteroatoms. The first-order valence-electron chi connectivity index (χ1n) is 8.34. The van der Waals surface area contributed by atoms with Crippen molar-refractivity contribution in [1.29, 1.82) is 0 Å². The summed E-state index contributed by atoms with van der Waals surface area (Å²) in [5.41, 5.74) is 12.3. The predicted molar refractivity (Wildman–Crippen MR) is 92.9 cm³/mol. The van der Waals surface area contributed by atoms with Gasteiger partial charge in [-0.05, 0) is 44.7 Å². The van der Waals surface area contributed by atoms with Crippen LogP contribution in [0.3, 0.4) is 0 Å². The minimum absolute atomic E-state index is 0.0532. The summed E-state index contributed by atoms with van der Waals surface area (Å²) in [5, 5.41) is 2.76. The highest BCUT2D eigenvalue weighted by atomic mass is 16.2. The molecule has 1 amide bonds. The molecule has 5 N–H and O–H groups in total. The summed E-state index contributed by atoms with van der Waals surface area (Å²) < 4.78 is 0. The molecule has 0 radical (unpaired) electrons. The van der Waals surface area contributed by atoms with E-state index in [-0.39, 0.29) is 17.7 Å². The van der Waals surface area contributed by atoms with Gasteiger partial charge in [-0.1, -0.05) is 30.3 Å². The fourth-order valence-electron chi connectivity index (χ4n) is 2.43. The summed E-state index contributed by atoms with van der Waals surface area (Å²) in [5.74, 6) is -0.0749. The van der Waals surface area contributed by atoms with E-state index < -0.39 is 6.04 Å². The van der Waals surface area contributed by atoms with E-state index in [4.69, 9.17) is 11.5 Å². The van der Waals surface area contributed by atoms with Crippen LogP contribution in [0.4, 0.5) is 0 Å². The Bertz CT molecular complexity index is 476. The minimum atomic E-state index is -0.452. The molecule has 0 aromatic heterocycles. The third kappa shape index (κ3) is 8.47. The van der Waals surface area contributed by atoms with Crippen molar-refractivity contribution in [3.8, 4) is 0 Å². The van der Waals surface area contributed by atoms with Crippen molar-refractivity contribution in [2.24, 2.45) is 11.5 Å². The van der Waals surface area contributed by atoms with E-state index in [1.165, 1.54) is 0 Å². The third-order valence-corrected chi connectivity index (χ3v) is 3.85. The number of nitrogens with one attached hydrogen (secondary N) is 1. The van der Waals surface area contributed by atoms with Crippen LogP contribution in [0.1, 0.15) is 44.6 Å². The highest BCUT2D eigenvalue weighted by Gasteiger charge is 2.15. The molecule has 0 bridgehead atoms. The van der Waals surface area contributed by atoms with Gasteiger partial charge in [-0.3, -0.25) is 9.59 Å². The van der Waals surface area contributed by atoms with Crippen molar-refractivity contribution >= 4 is 11.7 Å². The molecule has 128 valence electrons. The topological polar surface area (TPSA) is 98.2 Å². The van der Waals surface area contributed by atoms with Crippen LogP contribution in [0.5, 0.6) is 0 Å². The standard InChI is InChI=1S/C18H29N3O2/c1-14(17(22)11-5-9-16(20)10-6-12-19)21-18(23)13-15-7-3-2-4-8-15/h2-4,7-8,14,16H,5-6,9-13,19-20H2,1H3,(H,21,23)/t14-,16?/m1/s1. The van der Waals surface area contributed by atoms with E-state index in [0.29, 0.717) is 19.4 Å². The fourth-order valence-corrected chi connectivity index (χ4v) is 2.43. The number of hydrogen-bond donors (Lipinski definition) is 3. The van der Waals surface area contributed by atoms with Crippen molar-refractivity contribution in [3.05, 3.63) is 35.9 Å². The Balaban J connectivity index is 2.24. The zero-order valence-electron chi connectivity index (χ0n) is 14.0. The Morgan fingerprint density at radius 1 is 1.13 bits per heavy atom. The van der Waals surface area contributed by atoms with Crippen LogP contribution in [0, 0.1) is 0 Å². The summed E-state index contributed by atoms with van der Waals surface area (Å²) in [6.45, 7) is 2.39. The Hall–Kier alpha value is -1.72. The molecule has 0 aliphatic carbocycles. The van der Waals surface area contributed by atoms with E-state index in [1.54, 1.807) is 6.92 Å². The van der Waals surface area contributed by atoms with Gasteiger partial charge in [0.15, 0.2) is 5.78 Å². The maximum absolute atomic E-state index is 12.1. The molecule has 0 spiro atoms. The van der Waals surface area contributed by atoms with Gasteiger partial charge in [0, 0.05) is 12.5 Å². The first-order chi connectivity index (χ1) is 11.0. The van der Waals surface area contributed by atoms with Gasteiger partial charge in [-0.2, -0.15) is 0 Å². The average molecular weight is 319 g/mol. The number of Topliss-reactive ketones (excluding diaryl/α,β-unsaturated/α-hetero) is 1. The second-order valence-electron chi connectivity index (χ2n) is 6.00. The van der Waals surface area contributed by atoms with Crippen LogP contribution < -0.4 is 16.8 Å². The first kappa shape index (κ1) is 19.3. The zero-order chi connectivity index (χ0) is 17.1. The summed E-state index contributed by atoms with van der Waals surface area (Å²) >= 11 is 0. The number of nitrogens with two attached hydrogens (primary N) is 2. The van der Waals surface area contributed by atoms with Crippen LogP contribution >= 0.6 is 0 Å². The maximum Gasteiger partial charge on any atom is 0.224 e. The van der Waals surface area contributed by atoms with Crippen LogP contribution in [-0.2, 0) is 16.0 Å². The average Bonchev–Trinajstić information content (AvgIpc) is 2.53. The quantitative estimate of drug-likeness (QED) is 0.576. The SMILES string of the molecule is C[C@@H](NC(=O)Cc1ccccc1)C(=O)CCCC(N)CCCN. The molecule has 1 rings (SSSR count). The van der Waals surface area contributed by atoms with Crippen LogP contribution in [0.15, 0.2) is 30.3 Å². The van der Waals surface area contributed by atoms with Gasteiger partial charge in [-0.15, -0.1) is 0 Å². The zero-order valence-corrected chi connectivity index (χ0v) is 14.0. The van der Waals surface area contributed by atoms with Gasteiger partial charge in [0.2, 0.25) is 5.91 Å². The van der Waals surface area contributed by atoms with Crippen molar-refractivity contribution in [2.45, 2.75) is 57.5 Å². The van der Waals surface area contributed by atoms with E-state index in [2.05, 4.69) is 5.32 Å². The number of benzene rings is 1. The number of carbonyl (C=O) groups excluding carboxylic acids is 2. The summed E-state index contributed by atoms with van der Waals surface area (Å²) in [6.07, 6.45) is 4.13. The number of rotatable bonds is 11. The fraction of sp³-hybridized carbons (Fsp3) is 0.556. The molecule has 0 heterocycles. The lowest BCUT2D eigenvalue weighted by atomic mass is 10.0. The largest absolute Gasteiger partial charge is 0.346 e. The van der Waals surface area contributed by atoms with Crippen molar-refractivity contribution < 1.29 is 9.59 Å². The highest BCUT2D eigenvalue weighted by Crippen LogP contribution is 2.06. The number of hydrogen-bond acceptors (Lipinski definition) is 4. The molecule has 23 heavy (non-hydrogen) atoms. The Kier molecular flexibility index (Phi) is 9.17. The number of amides is 1. The molecular weight excluding hydrogens is 290 g/mol. The molecule has 0 aliphatic heterocycles. The van der Waals surface area contributed by atoms with Gasteiger partial charge < -0.3 is 16.8 Å². The van der Waals surface area contributed by atoms with E-state index in [0.717, 1.165) is 31.2 Å². The molecule has 5 nitrogen and oxygen atoms in total. The van der Waals surface area contributed by atoms with Crippen LogP contribution in [-0.4, -0.2) is 30.3 Å². The van der Waals surface area contributed by atoms with E-state index in [1.807, 2.05) is 30.3 Å². The van der Waals surface area contributed by atoms with Gasteiger partial charge in [0.25, 0.3) is 0 Å². The molecule has 0 saturated heterocycles. The number of ketones is 1. The Labute approximate surface area is 138 Å². The molecule has 0 fully saturated rings. The summed E-state index contributed by atoms with van der Waals surface area (Å²) in [6, 6.07) is 9.15. The van der Waals surface area contributed by atoms with Crippen LogP contribution in [0.2, 0.25) is 0 Å². The smallest absolute Gasteiger partial charge is 0.224 e. The molecule has 0 aliphatic rings. The molecule has 0 saturated carbocycles. The second-order valence-corrected chi connectivity index (χ2v) is 6.00. The van der Waals surface area contributed by atoms with E-state index in [9.17, 15) is 9.59 Å². The van der Waals surface area contributed by atoms with Crippen LogP contribution in [0.25, 0.3) is 0 Å². The van der Waals surface area contributed by atoms with Gasteiger partial charge in [0.05, 0.1) is 12.5 Å². The predicted octanol–water partition coefficient (Wildman–Crippen LogP) is 1.54. The molecule has 1 aromatic carbocycles.